The molecule has 1 aromatic heterocycles. The van der Waals surface area contributed by atoms with E-state index < -0.39 is 17.7 Å². The molecule has 1 unspecified atom stereocenters. The number of methoxy groups -OCH3 is 1. The number of hydrogen-bond donors (Lipinski definition) is 1. The van der Waals surface area contributed by atoms with E-state index >= 15 is 0 Å². The Morgan fingerprint density at radius 1 is 1.03 bits per heavy atom. The Labute approximate surface area is 180 Å². The molecular weight excluding hydrogens is 394 g/mol. The number of aryl methyl sites for hydroxylation is 3. The summed E-state index contributed by atoms with van der Waals surface area (Å²) < 4.78 is 11.3. The fourth-order valence-electron chi connectivity index (χ4n) is 3.92. The van der Waals surface area contributed by atoms with Gasteiger partial charge in [0.1, 0.15) is 29.1 Å². The van der Waals surface area contributed by atoms with Gasteiger partial charge in [-0.25, -0.2) is 0 Å². The van der Waals surface area contributed by atoms with Crippen molar-refractivity contribution in [3.8, 4) is 5.75 Å². The molecule has 1 saturated heterocycles. The number of carbonyl (C=O) groups excluding carboxylic acids is 2. The van der Waals surface area contributed by atoms with Gasteiger partial charge < -0.3 is 14.3 Å². The molecule has 1 N–H and O–H groups in total. The average Bonchev–Trinajstić information content (AvgIpc) is 3.30. The highest BCUT2D eigenvalue weighted by Crippen LogP contribution is 2.45. The Morgan fingerprint density at radius 3 is 2.45 bits per heavy atom. The molecule has 6 nitrogen and oxygen atoms in total. The number of para-hydroxylation sites is 2. The van der Waals surface area contributed by atoms with Crippen molar-refractivity contribution in [2.24, 2.45) is 0 Å². The lowest BCUT2D eigenvalue weighted by Gasteiger charge is -2.25. The van der Waals surface area contributed by atoms with E-state index in [0.29, 0.717) is 28.5 Å². The Balaban J connectivity index is 2.00. The monoisotopic (exact) mass is 417 g/mol. The summed E-state index contributed by atoms with van der Waals surface area (Å²) in [7, 11) is 1.50. The first-order valence-electron chi connectivity index (χ1n) is 9.91. The zero-order valence-electron chi connectivity index (χ0n) is 17.8. The maximum atomic E-state index is 13.2. The number of amides is 1. The number of ketones is 1. The minimum absolute atomic E-state index is 0.0149. The summed E-state index contributed by atoms with van der Waals surface area (Å²) in [5.74, 6) is -0.305. The molecule has 158 valence electrons. The second-order valence-electron chi connectivity index (χ2n) is 7.61. The van der Waals surface area contributed by atoms with Gasteiger partial charge in [-0.1, -0.05) is 29.8 Å². The third kappa shape index (κ3) is 3.40. The Hall–Kier alpha value is -3.80. The smallest absolute Gasteiger partial charge is 0.300 e. The second-order valence-corrected chi connectivity index (χ2v) is 7.61. The van der Waals surface area contributed by atoms with Gasteiger partial charge in [0.15, 0.2) is 0 Å². The number of ether oxygens (including phenoxy) is 1. The van der Waals surface area contributed by atoms with Crippen LogP contribution in [0.2, 0.25) is 0 Å². The fourth-order valence-corrected chi connectivity index (χ4v) is 3.92. The number of furan rings is 1. The third-order valence-corrected chi connectivity index (χ3v) is 5.47. The van der Waals surface area contributed by atoms with Crippen molar-refractivity contribution in [2.45, 2.75) is 26.8 Å². The Kier molecular flexibility index (Phi) is 5.15. The number of aliphatic hydroxyl groups excluding tert-OH is 1. The summed E-state index contributed by atoms with van der Waals surface area (Å²) in [6.07, 6.45) is 0. The van der Waals surface area contributed by atoms with E-state index in [1.807, 2.05) is 26.0 Å². The van der Waals surface area contributed by atoms with Crippen LogP contribution in [0.3, 0.4) is 0 Å². The van der Waals surface area contributed by atoms with E-state index in [4.69, 9.17) is 9.15 Å². The Bertz CT molecular complexity index is 1220. The highest BCUT2D eigenvalue weighted by atomic mass is 16.5. The van der Waals surface area contributed by atoms with Crippen LogP contribution in [0.15, 0.2) is 64.6 Å². The number of hydrogen-bond acceptors (Lipinski definition) is 5. The quantitative estimate of drug-likeness (QED) is 0.373. The van der Waals surface area contributed by atoms with Gasteiger partial charge in [-0.05, 0) is 56.7 Å². The molecule has 0 radical (unpaired) electrons. The normalized spacial score (nSPS) is 17.9. The summed E-state index contributed by atoms with van der Waals surface area (Å²) in [6.45, 7) is 5.53. The molecule has 4 rings (SSSR count). The summed E-state index contributed by atoms with van der Waals surface area (Å²) in [5, 5.41) is 11.3. The van der Waals surface area contributed by atoms with Crippen LogP contribution >= 0.6 is 0 Å². The summed E-state index contributed by atoms with van der Waals surface area (Å²) >= 11 is 0. The molecule has 1 aliphatic rings. The molecule has 6 heteroatoms. The lowest BCUT2D eigenvalue weighted by Crippen LogP contribution is -2.29. The molecule has 0 aliphatic carbocycles. The number of Topliss-reactive ketones (excluding diaryl/α,β-unsaturated/α-hetero) is 1. The molecule has 31 heavy (non-hydrogen) atoms. The fraction of sp³-hybridized carbons (Fsp3) is 0.200. The van der Waals surface area contributed by atoms with Crippen LogP contribution < -0.4 is 9.64 Å². The number of nitrogens with zero attached hydrogens (tertiary/aromatic N) is 1. The van der Waals surface area contributed by atoms with E-state index in [1.54, 1.807) is 49.4 Å². The number of anilines is 1. The van der Waals surface area contributed by atoms with Crippen molar-refractivity contribution >= 4 is 23.1 Å². The van der Waals surface area contributed by atoms with Crippen LogP contribution in [0.1, 0.15) is 34.3 Å². The SMILES string of the molecule is COc1ccccc1N1C(=O)C(=O)/C(=C(/O)c2cc(C)ccc2C)C1c1ccc(C)o1. The van der Waals surface area contributed by atoms with Gasteiger partial charge in [-0.2, -0.15) is 0 Å². The minimum Gasteiger partial charge on any atom is -0.507 e. The first kappa shape index (κ1) is 20.5. The van der Waals surface area contributed by atoms with Gasteiger partial charge in [0.05, 0.1) is 18.4 Å². The number of benzene rings is 2. The lowest BCUT2D eigenvalue weighted by atomic mass is 9.96. The van der Waals surface area contributed by atoms with Crippen molar-refractivity contribution in [3.63, 3.8) is 0 Å². The second kappa shape index (κ2) is 7.80. The van der Waals surface area contributed by atoms with Crippen molar-refractivity contribution in [2.75, 3.05) is 12.0 Å². The highest BCUT2D eigenvalue weighted by molar-refractivity contribution is 6.51. The van der Waals surface area contributed by atoms with E-state index in [2.05, 4.69) is 0 Å². The molecule has 0 saturated carbocycles. The zero-order valence-corrected chi connectivity index (χ0v) is 17.8. The standard InChI is InChI=1S/C25H23NO5/c1-14-9-10-15(2)17(13-14)23(27)21-22(20-12-11-16(3)31-20)26(25(29)24(21)28)18-7-5-6-8-19(18)30-4/h5-13,22,27H,1-4H3/b23-21+. The molecule has 1 fully saturated rings. The minimum atomic E-state index is -0.926. The van der Waals surface area contributed by atoms with Crippen LogP contribution in [0.4, 0.5) is 5.69 Å². The first-order chi connectivity index (χ1) is 14.8. The van der Waals surface area contributed by atoms with Gasteiger partial charge in [0.2, 0.25) is 0 Å². The molecule has 1 atom stereocenters. The summed E-state index contributed by atoms with van der Waals surface area (Å²) in [4.78, 5) is 27.7. The van der Waals surface area contributed by atoms with Gasteiger partial charge in [0, 0.05) is 5.56 Å². The van der Waals surface area contributed by atoms with Crippen LogP contribution in [0.25, 0.3) is 5.76 Å². The van der Waals surface area contributed by atoms with Crippen molar-refractivity contribution in [1.82, 2.24) is 0 Å². The van der Waals surface area contributed by atoms with Crippen LogP contribution in [0, 0.1) is 20.8 Å². The molecule has 2 heterocycles. The lowest BCUT2D eigenvalue weighted by molar-refractivity contribution is -0.132. The first-order valence-corrected chi connectivity index (χ1v) is 9.91. The third-order valence-electron chi connectivity index (χ3n) is 5.47. The van der Waals surface area contributed by atoms with E-state index in [-0.39, 0.29) is 11.3 Å². The maximum Gasteiger partial charge on any atom is 0.300 e. The van der Waals surface area contributed by atoms with E-state index in [1.165, 1.54) is 12.0 Å². The van der Waals surface area contributed by atoms with Gasteiger partial charge in [-0.15, -0.1) is 0 Å². The predicted molar refractivity (Wildman–Crippen MR) is 117 cm³/mol. The largest absolute Gasteiger partial charge is 0.507 e. The molecule has 1 amide bonds. The molecule has 0 spiro atoms. The summed E-state index contributed by atoms with van der Waals surface area (Å²) in [5.41, 5.74) is 2.63. The number of aliphatic hydroxyl groups is 1. The maximum absolute atomic E-state index is 13.2. The van der Waals surface area contributed by atoms with E-state index in [9.17, 15) is 14.7 Å². The molecule has 3 aromatic rings. The van der Waals surface area contributed by atoms with Crippen molar-refractivity contribution < 1.29 is 23.8 Å². The van der Waals surface area contributed by atoms with Gasteiger partial charge in [0.25, 0.3) is 11.7 Å². The zero-order chi connectivity index (χ0) is 22.3. The molecule has 2 aromatic carbocycles. The predicted octanol–water partition coefficient (Wildman–Crippen LogP) is 4.84. The van der Waals surface area contributed by atoms with Crippen LogP contribution in [-0.4, -0.2) is 23.9 Å². The highest BCUT2D eigenvalue weighted by Gasteiger charge is 2.49. The Morgan fingerprint density at radius 2 is 1.77 bits per heavy atom. The van der Waals surface area contributed by atoms with E-state index in [0.717, 1.165) is 11.1 Å². The number of rotatable bonds is 4. The van der Waals surface area contributed by atoms with Crippen LogP contribution in [-0.2, 0) is 9.59 Å². The molecular formula is C25H23NO5. The van der Waals surface area contributed by atoms with Crippen molar-refractivity contribution in [3.05, 3.63) is 88.4 Å². The molecule has 0 bridgehead atoms. The van der Waals surface area contributed by atoms with Crippen molar-refractivity contribution in [1.29, 1.82) is 0 Å². The van der Waals surface area contributed by atoms with Gasteiger partial charge >= 0.3 is 0 Å². The van der Waals surface area contributed by atoms with Gasteiger partial charge in [-0.3, -0.25) is 14.5 Å². The van der Waals surface area contributed by atoms with Crippen LogP contribution in [0.5, 0.6) is 5.75 Å². The average molecular weight is 417 g/mol. The summed E-state index contributed by atoms with van der Waals surface area (Å²) in [6, 6.07) is 15.1. The molecule has 1 aliphatic heterocycles. The number of carbonyl (C=O) groups is 2. The topological polar surface area (TPSA) is 80.0 Å².